The minimum atomic E-state index is -1.59. The van der Waals surface area contributed by atoms with Gasteiger partial charge >= 0.3 is 5.97 Å². The Bertz CT molecular complexity index is 718. The van der Waals surface area contributed by atoms with E-state index in [0.717, 1.165) is 0 Å². The lowest BCUT2D eigenvalue weighted by Crippen LogP contribution is -2.05. The zero-order chi connectivity index (χ0) is 15.4. The maximum atomic E-state index is 13.6. The minimum Gasteiger partial charge on any atom is -0.502 e. The second-order valence-electron chi connectivity index (χ2n) is 4.36. The third kappa shape index (κ3) is 3.36. The molecule has 2 aromatic rings. The Hall–Kier alpha value is -2.89. The molecule has 21 heavy (non-hydrogen) atoms. The first-order valence-corrected chi connectivity index (χ1v) is 6.06. The Kier molecular flexibility index (Phi) is 4.18. The van der Waals surface area contributed by atoms with Crippen molar-refractivity contribution in [2.24, 2.45) is 0 Å². The van der Waals surface area contributed by atoms with Gasteiger partial charge in [0, 0.05) is 30.5 Å². The van der Waals surface area contributed by atoms with E-state index in [9.17, 15) is 14.0 Å². The molecule has 5 nitrogen and oxygen atoms in total. The maximum Gasteiger partial charge on any atom is 0.371 e. The van der Waals surface area contributed by atoms with Crippen LogP contribution in [0.4, 0.5) is 4.39 Å². The number of hydrogen-bond acceptors (Lipinski definition) is 3. The summed E-state index contributed by atoms with van der Waals surface area (Å²) < 4.78 is 13.6. The summed E-state index contributed by atoms with van der Waals surface area (Å²) in [7, 11) is 0. The number of halogens is 1. The number of aliphatic hydroxyl groups excluding tert-OH is 1. The first kappa shape index (κ1) is 14.5. The van der Waals surface area contributed by atoms with E-state index in [4.69, 9.17) is 10.2 Å². The fourth-order valence-corrected chi connectivity index (χ4v) is 1.88. The van der Waals surface area contributed by atoms with E-state index < -0.39 is 17.5 Å². The third-order valence-corrected chi connectivity index (χ3v) is 2.92. The Labute approximate surface area is 119 Å². The van der Waals surface area contributed by atoms with Crippen LogP contribution in [0, 0.1) is 5.82 Å². The molecule has 0 amide bonds. The molecular weight excluding hydrogens is 277 g/mol. The number of ketones is 1. The summed E-state index contributed by atoms with van der Waals surface area (Å²) in [4.78, 5) is 25.1. The Morgan fingerprint density at radius 2 is 1.86 bits per heavy atom. The molecule has 0 bridgehead atoms. The number of benzene rings is 1. The standard InChI is InChI=1S/C15H12FNO4/c16-12-4-2-1-3-9(12)5-10-7-17-8-11(10)13(18)6-14(19)15(20)21/h1-4,6-8,17,19H,5H2,(H,20,21)/b14-6-. The van der Waals surface area contributed by atoms with Gasteiger partial charge in [0.1, 0.15) is 5.82 Å². The summed E-state index contributed by atoms with van der Waals surface area (Å²) in [5.74, 6) is -3.68. The van der Waals surface area contributed by atoms with Crippen molar-refractivity contribution >= 4 is 11.8 Å². The van der Waals surface area contributed by atoms with Gasteiger partial charge in [-0.3, -0.25) is 4.79 Å². The van der Waals surface area contributed by atoms with Gasteiger partial charge in [0.2, 0.25) is 5.76 Å². The summed E-state index contributed by atoms with van der Waals surface area (Å²) in [5.41, 5.74) is 1.11. The van der Waals surface area contributed by atoms with Crippen LogP contribution in [-0.4, -0.2) is 26.9 Å². The monoisotopic (exact) mass is 289 g/mol. The molecule has 0 fully saturated rings. The molecule has 0 aliphatic carbocycles. The highest BCUT2D eigenvalue weighted by Crippen LogP contribution is 2.17. The van der Waals surface area contributed by atoms with Crippen molar-refractivity contribution in [1.29, 1.82) is 0 Å². The number of aliphatic carboxylic acids is 1. The summed E-state index contributed by atoms with van der Waals surface area (Å²) in [6.07, 6.45) is 3.71. The van der Waals surface area contributed by atoms with Gasteiger partial charge < -0.3 is 15.2 Å². The molecule has 0 atom stereocenters. The predicted molar refractivity (Wildman–Crippen MR) is 72.7 cm³/mol. The van der Waals surface area contributed by atoms with Crippen LogP contribution in [0.1, 0.15) is 21.5 Å². The van der Waals surface area contributed by atoms with Gasteiger partial charge in [-0.25, -0.2) is 9.18 Å². The van der Waals surface area contributed by atoms with Crippen molar-refractivity contribution in [3.05, 3.63) is 71.0 Å². The molecule has 6 heteroatoms. The van der Waals surface area contributed by atoms with Crippen LogP contribution in [0.2, 0.25) is 0 Å². The number of hydrogen-bond donors (Lipinski definition) is 3. The molecule has 0 spiro atoms. The summed E-state index contributed by atoms with van der Waals surface area (Å²) in [6, 6.07) is 6.17. The number of aromatic nitrogens is 1. The van der Waals surface area contributed by atoms with E-state index in [2.05, 4.69) is 4.98 Å². The van der Waals surface area contributed by atoms with Crippen LogP contribution < -0.4 is 0 Å². The number of nitrogens with one attached hydrogen (secondary N) is 1. The summed E-state index contributed by atoms with van der Waals surface area (Å²) in [5, 5.41) is 17.6. The largest absolute Gasteiger partial charge is 0.502 e. The SMILES string of the molecule is O=C(O)/C(O)=C/C(=O)c1c[nH]cc1Cc1ccccc1F. The first-order chi connectivity index (χ1) is 9.99. The van der Waals surface area contributed by atoms with E-state index in [0.29, 0.717) is 17.2 Å². The number of aromatic amines is 1. The first-order valence-electron chi connectivity index (χ1n) is 6.06. The second kappa shape index (κ2) is 6.04. The number of rotatable bonds is 5. The molecule has 3 N–H and O–H groups in total. The zero-order valence-corrected chi connectivity index (χ0v) is 10.8. The Balaban J connectivity index is 2.27. The summed E-state index contributed by atoms with van der Waals surface area (Å²) >= 11 is 0. The highest BCUT2D eigenvalue weighted by Gasteiger charge is 2.15. The lowest BCUT2D eigenvalue weighted by Gasteiger charge is -2.03. The van der Waals surface area contributed by atoms with E-state index >= 15 is 0 Å². The summed E-state index contributed by atoms with van der Waals surface area (Å²) in [6.45, 7) is 0. The number of carboxylic acid groups (broad SMARTS) is 1. The highest BCUT2D eigenvalue weighted by molar-refractivity contribution is 6.08. The number of carbonyl (C=O) groups excluding carboxylic acids is 1. The Morgan fingerprint density at radius 1 is 1.14 bits per heavy atom. The average Bonchev–Trinajstić information content (AvgIpc) is 2.89. The maximum absolute atomic E-state index is 13.6. The van der Waals surface area contributed by atoms with Crippen LogP contribution in [0.15, 0.2) is 48.5 Å². The Morgan fingerprint density at radius 3 is 2.52 bits per heavy atom. The van der Waals surface area contributed by atoms with Crippen LogP contribution in [0.25, 0.3) is 0 Å². The number of H-pyrrole nitrogens is 1. The quantitative estimate of drug-likeness (QED) is 0.448. The van der Waals surface area contributed by atoms with Crippen LogP contribution in [-0.2, 0) is 11.2 Å². The molecule has 0 radical (unpaired) electrons. The fraction of sp³-hybridized carbons (Fsp3) is 0.0667. The van der Waals surface area contributed by atoms with Gasteiger partial charge in [0.05, 0.1) is 0 Å². The lowest BCUT2D eigenvalue weighted by molar-refractivity contribution is -0.135. The second-order valence-corrected chi connectivity index (χ2v) is 4.36. The normalized spacial score (nSPS) is 11.4. The van der Waals surface area contributed by atoms with Crippen molar-refractivity contribution < 1.29 is 24.2 Å². The number of aliphatic hydroxyl groups is 1. The molecule has 0 aliphatic rings. The van der Waals surface area contributed by atoms with Gasteiger partial charge in [0.15, 0.2) is 5.78 Å². The van der Waals surface area contributed by atoms with Gasteiger partial charge in [-0.15, -0.1) is 0 Å². The van der Waals surface area contributed by atoms with Gasteiger partial charge in [-0.2, -0.15) is 0 Å². The van der Waals surface area contributed by atoms with Crippen LogP contribution in [0.5, 0.6) is 0 Å². The van der Waals surface area contributed by atoms with E-state index in [1.54, 1.807) is 18.2 Å². The topological polar surface area (TPSA) is 90.4 Å². The van der Waals surface area contributed by atoms with Crippen molar-refractivity contribution in [3.63, 3.8) is 0 Å². The fourth-order valence-electron chi connectivity index (χ4n) is 1.88. The molecule has 0 unspecified atom stereocenters. The number of allylic oxidation sites excluding steroid dienone is 1. The molecule has 0 saturated carbocycles. The molecule has 0 aliphatic heterocycles. The highest BCUT2D eigenvalue weighted by atomic mass is 19.1. The predicted octanol–water partition coefficient (Wildman–Crippen LogP) is 2.45. The molecule has 1 heterocycles. The molecule has 2 rings (SSSR count). The van der Waals surface area contributed by atoms with Crippen molar-refractivity contribution in [2.75, 3.05) is 0 Å². The number of carboxylic acids is 1. The number of carbonyl (C=O) groups is 2. The molecule has 1 aromatic heterocycles. The molecular formula is C15H12FNO4. The van der Waals surface area contributed by atoms with Gasteiger partial charge in [0.25, 0.3) is 0 Å². The zero-order valence-electron chi connectivity index (χ0n) is 10.8. The third-order valence-electron chi connectivity index (χ3n) is 2.92. The molecule has 108 valence electrons. The average molecular weight is 289 g/mol. The van der Waals surface area contributed by atoms with Crippen molar-refractivity contribution in [1.82, 2.24) is 4.98 Å². The van der Waals surface area contributed by atoms with Crippen LogP contribution in [0.3, 0.4) is 0 Å². The van der Waals surface area contributed by atoms with Gasteiger partial charge in [-0.05, 0) is 17.2 Å². The van der Waals surface area contributed by atoms with Gasteiger partial charge in [-0.1, -0.05) is 18.2 Å². The van der Waals surface area contributed by atoms with Crippen molar-refractivity contribution in [2.45, 2.75) is 6.42 Å². The molecule has 0 saturated heterocycles. The minimum absolute atomic E-state index is 0.179. The van der Waals surface area contributed by atoms with E-state index in [1.165, 1.54) is 18.5 Å². The van der Waals surface area contributed by atoms with E-state index in [1.807, 2.05) is 0 Å². The van der Waals surface area contributed by atoms with Crippen LogP contribution >= 0.6 is 0 Å². The van der Waals surface area contributed by atoms with Crippen molar-refractivity contribution in [3.8, 4) is 0 Å². The molecule has 1 aromatic carbocycles. The van der Waals surface area contributed by atoms with E-state index in [-0.39, 0.29) is 17.8 Å². The lowest BCUT2D eigenvalue weighted by atomic mass is 10.0. The smallest absolute Gasteiger partial charge is 0.371 e.